The van der Waals surface area contributed by atoms with E-state index >= 15 is 0 Å². The number of nitrogens with one attached hydrogen (secondary N) is 1. The molecule has 1 atom stereocenters. The quantitative estimate of drug-likeness (QED) is 0.700. The van der Waals surface area contributed by atoms with E-state index in [1.165, 1.54) is 6.26 Å². The first-order valence-corrected chi connectivity index (χ1v) is 12.2. The van der Waals surface area contributed by atoms with Gasteiger partial charge in [0.15, 0.2) is 0 Å². The summed E-state index contributed by atoms with van der Waals surface area (Å²) in [6.45, 7) is 2.35. The summed E-state index contributed by atoms with van der Waals surface area (Å²) in [7, 11) is -1.33. The third-order valence-corrected chi connectivity index (χ3v) is 6.30. The third-order valence-electron chi connectivity index (χ3n) is 5.61. The zero-order valence-electron chi connectivity index (χ0n) is 17.7. The summed E-state index contributed by atoms with van der Waals surface area (Å²) in [5.74, 6) is 0.287. The van der Waals surface area contributed by atoms with Crippen molar-refractivity contribution in [2.45, 2.75) is 18.9 Å². The van der Waals surface area contributed by atoms with E-state index in [2.05, 4.69) is 33.9 Å². The Morgan fingerprint density at radius 3 is 2.20 bits per heavy atom. The van der Waals surface area contributed by atoms with Crippen molar-refractivity contribution in [2.75, 3.05) is 39.5 Å². The highest BCUT2D eigenvalue weighted by Crippen LogP contribution is 2.28. The molecule has 0 aromatic heterocycles. The fraction of sp³-hybridized carbons (Fsp3) is 0.435. The first-order valence-electron chi connectivity index (χ1n) is 10.4. The maximum Gasteiger partial charge on any atom is 0.237 e. The Morgan fingerprint density at radius 2 is 1.67 bits per heavy atom. The number of sulfonamides is 1. The Bertz CT molecular complexity index is 880. The van der Waals surface area contributed by atoms with Crippen LogP contribution in [0, 0.1) is 5.92 Å². The molecule has 1 saturated heterocycles. The number of benzene rings is 2. The maximum atomic E-state index is 13.2. The number of amides is 1. The van der Waals surface area contributed by atoms with Gasteiger partial charge in [0.2, 0.25) is 15.9 Å². The van der Waals surface area contributed by atoms with Crippen LogP contribution in [0.25, 0.3) is 0 Å². The molecule has 0 saturated carbocycles. The Balaban J connectivity index is 1.68. The van der Waals surface area contributed by atoms with E-state index in [0.717, 1.165) is 37.1 Å². The predicted molar refractivity (Wildman–Crippen MR) is 120 cm³/mol. The molecule has 1 fully saturated rings. The van der Waals surface area contributed by atoms with Gasteiger partial charge in [-0.2, -0.15) is 0 Å². The molecular formula is C23H31N3O3S. The summed E-state index contributed by atoms with van der Waals surface area (Å²) < 4.78 is 25.4. The molecule has 3 rings (SSSR count). The van der Waals surface area contributed by atoms with E-state index < -0.39 is 10.0 Å². The van der Waals surface area contributed by atoms with Crippen LogP contribution in [0.1, 0.15) is 30.0 Å². The standard InChI is InChI=1S/C23H31N3O3S/c1-25(23(20-11-5-3-6-12-20)21-13-7-4-8-14-21)22(27)18-26-15-9-10-19(17-26)16-24-30(2,28)29/h3-8,11-14,19,23-24H,9-10,15-18H2,1-2H3. The SMILES string of the molecule is CN(C(=O)CN1CCCC(CNS(C)(=O)=O)C1)C(c1ccccc1)c1ccccc1. The van der Waals surface area contributed by atoms with E-state index in [9.17, 15) is 13.2 Å². The van der Waals surface area contributed by atoms with Gasteiger partial charge in [0.1, 0.15) is 0 Å². The van der Waals surface area contributed by atoms with Crippen LogP contribution in [-0.2, 0) is 14.8 Å². The smallest absolute Gasteiger partial charge is 0.237 e. The fourth-order valence-corrected chi connectivity index (χ4v) is 4.63. The minimum Gasteiger partial charge on any atom is -0.334 e. The number of carbonyl (C=O) groups is 1. The summed E-state index contributed by atoms with van der Waals surface area (Å²) in [4.78, 5) is 17.2. The molecular weight excluding hydrogens is 398 g/mol. The second-order valence-corrected chi connectivity index (χ2v) is 9.93. The molecule has 6 nitrogen and oxygen atoms in total. The van der Waals surface area contributed by atoms with Gasteiger partial charge in [-0.05, 0) is 36.4 Å². The number of nitrogens with zero attached hydrogens (tertiary/aromatic N) is 2. The summed E-state index contributed by atoms with van der Waals surface area (Å²) in [6.07, 6.45) is 3.12. The van der Waals surface area contributed by atoms with Gasteiger partial charge in [0.25, 0.3) is 0 Å². The highest BCUT2D eigenvalue weighted by molar-refractivity contribution is 7.88. The van der Waals surface area contributed by atoms with Crippen LogP contribution in [0.5, 0.6) is 0 Å². The minimum absolute atomic E-state index is 0.0597. The lowest BCUT2D eigenvalue weighted by Gasteiger charge is -2.35. The molecule has 1 aliphatic rings. The van der Waals surface area contributed by atoms with Crippen molar-refractivity contribution in [2.24, 2.45) is 5.92 Å². The second-order valence-electron chi connectivity index (χ2n) is 8.09. The molecule has 1 heterocycles. The normalized spacial score (nSPS) is 17.8. The number of hydrogen-bond donors (Lipinski definition) is 1. The maximum absolute atomic E-state index is 13.2. The number of piperidine rings is 1. The minimum atomic E-state index is -3.19. The Hall–Kier alpha value is -2.22. The van der Waals surface area contributed by atoms with Gasteiger partial charge in [0.05, 0.1) is 18.8 Å². The van der Waals surface area contributed by atoms with Gasteiger partial charge >= 0.3 is 0 Å². The van der Waals surface area contributed by atoms with Crippen molar-refractivity contribution in [3.05, 3.63) is 71.8 Å². The first-order chi connectivity index (χ1) is 14.3. The zero-order valence-corrected chi connectivity index (χ0v) is 18.5. The largest absolute Gasteiger partial charge is 0.334 e. The fourth-order valence-electron chi connectivity index (χ4n) is 4.09. The van der Waals surface area contributed by atoms with Gasteiger partial charge < -0.3 is 4.90 Å². The van der Waals surface area contributed by atoms with E-state index in [0.29, 0.717) is 13.1 Å². The second kappa shape index (κ2) is 10.2. The van der Waals surface area contributed by atoms with Crippen molar-refractivity contribution in [3.63, 3.8) is 0 Å². The summed E-state index contributed by atoms with van der Waals surface area (Å²) in [6, 6.07) is 20.0. The molecule has 2 aromatic rings. The van der Waals surface area contributed by atoms with Crippen molar-refractivity contribution in [3.8, 4) is 0 Å². The molecule has 0 spiro atoms. The Labute approximate surface area is 179 Å². The van der Waals surface area contributed by atoms with E-state index in [4.69, 9.17) is 0 Å². The van der Waals surface area contributed by atoms with Crippen molar-refractivity contribution in [1.82, 2.24) is 14.5 Å². The summed E-state index contributed by atoms with van der Waals surface area (Å²) in [5.41, 5.74) is 2.15. The van der Waals surface area contributed by atoms with E-state index in [1.54, 1.807) is 0 Å². The molecule has 0 bridgehead atoms. The Kier molecular flexibility index (Phi) is 7.64. The number of likely N-dealkylation sites (tertiary alicyclic amines) is 1. The van der Waals surface area contributed by atoms with Crippen molar-refractivity contribution in [1.29, 1.82) is 0 Å². The monoisotopic (exact) mass is 429 g/mol. The van der Waals surface area contributed by atoms with Crippen LogP contribution in [0.2, 0.25) is 0 Å². The molecule has 2 aromatic carbocycles. The predicted octanol–water partition coefficient (Wildman–Crippen LogP) is 2.50. The Morgan fingerprint density at radius 1 is 1.10 bits per heavy atom. The van der Waals surface area contributed by atoms with E-state index in [1.807, 2.05) is 48.3 Å². The molecule has 0 aliphatic carbocycles. The molecule has 1 amide bonds. The molecule has 1 N–H and O–H groups in total. The molecule has 1 unspecified atom stereocenters. The van der Waals surface area contributed by atoms with Crippen LogP contribution in [0.4, 0.5) is 0 Å². The number of hydrogen-bond acceptors (Lipinski definition) is 4. The van der Waals surface area contributed by atoms with Crippen LogP contribution in [-0.4, -0.2) is 63.6 Å². The molecule has 0 radical (unpaired) electrons. The average Bonchev–Trinajstić information content (AvgIpc) is 2.74. The first kappa shape index (κ1) is 22.5. The number of likely N-dealkylation sites (N-methyl/N-ethyl adjacent to an activating group) is 1. The van der Waals surface area contributed by atoms with Gasteiger partial charge in [-0.25, -0.2) is 13.1 Å². The van der Waals surface area contributed by atoms with Crippen LogP contribution < -0.4 is 4.72 Å². The molecule has 30 heavy (non-hydrogen) atoms. The van der Waals surface area contributed by atoms with Gasteiger partial charge in [-0.3, -0.25) is 9.69 Å². The van der Waals surface area contributed by atoms with Crippen molar-refractivity contribution >= 4 is 15.9 Å². The van der Waals surface area contributed by atoms with Crippen LogP contribution >= 0.6 is 0 Å². The van der Waals surface area contributed by atoms with E-state index in [-0.39, 0.29) is 17.9 Å². The van der Waals surface area contributed by atoms with Gasteiger partial charge in [-0.15, -0.1) is 0 Å². The van der Waals surface area contributed by atoms with Gasteiger partial charge in [-0.1, -0.05) is 60.7 Å². The van der Waals surface area contributed by atoms with Crippen LogP contribution in [0.15, 0.2) is 60.7 Å². The molecule has 162 valence electrons. The van der Waals surface area contributed by atoms with Gasteiger partial charge in [0, 0.05) is 20.1 Å². The number of carbonyl (C=O) groups excluding carboxylic acids is 1. The topological polar surface area (TPSA) is 69.7 Å². The lowest BCUT2D eigenvalue weighted by molar-refractivity contribution is -0.133. The van der Waals surface area contributed by atoms with Crippen LogP contribution in [0.3, 0.4) is 0 Å². The lowest BCUT2D eigenvalue weighted by Crippen LogP contribution is -2.46. The highest BCUT2D eigenvalue weighted by atomic mass is 32.2. The average molecular weight is 430 g/mol. The highest BCUT2D eigenvalue weighted by Gasteiger charge is 2.27. The zero-order chi connectivity index (χ0) is 21.6. The van der Waals surface area contributed by atoms with Crippen molar-refractivity contribution < 1.29 is 13.2 Å². The third kappa shape index (κ3) is 6.39. The molecule has 1 aliphatic heterocycles. The summed E-state index contributed by atoms with van der Waals surface area (Å²) in [5, 5.41) is 0. The summed E-state index contributed by atoms with van der Waals surface area (Å²) >= 11 is 0. The molecule has 7 heteroatoms. The lowest BCUT2D eigenvalue weighted by atomic mass is 9.96. The number of rotatable bonds is 8.